The third-order valence-corrected chi connectivity index (χ3v) is 3.45. The highest BCUT2D eigenvalue weighted by Gasteiger charge is 2.17. The van der Waals surface area contributed by atoms with E-state index in [1.165, 1.54) is 17.2 Å². The van der Waals surface area contributed by atoms with Crippen molar-refractivity contribution in [3.8, 4) is 11.5 Å². The first-order chi connectivity index (χ1) is 9.11. The molecule has 0 spiro atoms. The molecule has 2 heteroatoms. The summed E-state index contributed by atoms with van der Waals surface area (Å²) in [4.78, 5) is 0. The topological polar surface area (TPSA) is 40.5 Å². The minimum atomic E-state index is 0.0976. The van der Waals surface area contributed by atoms with Crippen molar-refractivity contribution < 1.29 is 10.2 Å². The predicted molar refractivity (Wildman–Crippen MR) is 77.7 cm³/mol. The molecule has 0 radical (unpaired) electrons. The lowest BCUT2D eigenvalue weighted by molar-refractivity contribution is 0.442. The zero-order valence-corrected chi connectivity index (χ0v) is 11.4. The van der Waals surface area contributed by atoms with E-state index in [2.05, 4.69) is 38.1 Å². The van der Waals surface area contributed by atoms with Gasteiger partial charge in [0, 0.05) is 17.5 Å². The molecule has 1 atom stereocenters. The second kappa shape index (κ2) is 5.79. The molecule has 0 saturated heterocycles. The van der Waals surface area contributed by atoms with Gasteiger partial charge in [0.2, 0.25) is 0 Å². The van der Waals surface area contributed by atoms with E-state index in [-0.39, 0.29) is 17.4 Å². The van der Waals surface area contributed by atoms with Crippen molar-refractivity contribution in [1.29, 1.82) is 0 Å². The van der Waals surface area contributed by atoms with Crippen LogP contribution in [0.5, 0.6) is 11.5 Å². The number of rotatable bonds is 4. The molecule has 2 aromatic carbocycles. The Kier molecular flexibility index (Phi) is 4.10. The van der Waals surface area contributed by atoms with Crippen LogP contribution in [0.4, 0.5) is 0 Å². The molecule has 2 N–H and O–H groups in total. The maximum atomic E-state index is 10.0. The lowest BCUT2D eigenvalue weighted by atomic mass is 9.86. The van der Waals surface area contributed by atoms with E-state index in [4.69, 9.17) is 0 Å². The molecule has 0 aliphatic carbocycles. The monoisotopic (exact) mass is 256 g/mol. The Morgan fingerprint density at radius 2 is 1.68 bits per heavy atom. The molecule has 19 heavy (non-hydrogen) atoms. The van der Waals surface area contributed by atoms with Crippen LogP contribution in [0.25, 0.3) is 0 Å². The van der Waals surface area contributed by atoms with Crippen LogP contribution in [-0.2, 0) is 0 Å². The smallest absolute Gasteiger partial charge is 0.123 e. The highest BCUT2D eigenvalue weighted by molar-refractivity contribution is 5.45. The lowest BCUT2D eigenvalue weighted by Gasteiger charge is -2.19. The summed E-state index contributed by atoms with van der Waals surface area (Å²) < 4.78 is 0. The summed E-state index contributed by atoms with van der Waals surface area (Å²) in [5, 5.41) is 19.4. The molecule has 1 unspecified atom stereocenters. The first kappa shape index (κ1) is 13.5. The Hall–Kier alpha value is -1.96. The summed E-state index contributed by atoms with van der Waals surface area (Å²) in [7, 11) is 0. The summed E-state index contributed by atoms with van der Waals surface area (Å²) in [6.07, 6.45) is 2.01. The molecule has 100 valence electrons. The molecular formula is C17H20O2. The Balaban J connectivity index is 2.41. The largest absolute Gasteiger partial charge is 0.508 e. The van der Waals surface area contributed by atoms with E-state index in [0.717, 1.165) is 18.4 Å². The van der Waals surface area contributed by atoms with Gasteiger partial charge in [0.1, 0.15) is 11.5 Å². The maximum absolute atomic E-state index is 10.0. The Bertz CT molecular complexity index is 544. The van der Waals surface area contributed by atoms with E-state index in [9.17, 15) is 10.2 Å². The Morgan fingerprint density at radius 3 is 2.26 bits per heavy atom. The SMILES string of the molecule is CCCC(c1ccc(C)cc1)c1ccc(O)cc1O. The van der Waals surface area contributed by atoms with Crippen molar-refractivity contribution in [2.75, 3.05) is 0 Å². The first-order valence-electron chi connectivity index (χ1n) is 6.70. The van der Waals surface area contributed by atoms with Crippen molar-refractivity contribution >= 4 is 0 Å². The molecule has 2 aromatic rings. The minimum Gasteiger partial charge on any atom is -0.508 e. The van der Waals surface area contributed by atoms with Crippen molar-refractivity contribution in [1.82, 2.24) is 0 Å². The van der Waals surface area contributed by atoms with Gasteiger partial charge >= 0.3 is 0 Å². The molecule has 2 nitrogen and oxygen atoms in total. The van der Waals surface area contributed by atoms with Gasteiger partial charge in [0.05, 0.1) is 0 Å². The lowest BCUT2D eigenvalue weighted by Crippen LogP contribution is -2.01. The van der Waals surface area contributed by atoms with Gasteiger partial charge in [-0.15, -0.1) is 0 Å². The number of benzene rings is 2. The third-order valence-electron chi connectivity index (χ3n) is 3.45. The maximum Gasteiger partial charge on any atom is 0.123 e. The molecule has 0 saturated carbocycles. The molecule has 0 aliphatic rings. The van der Waals surface area contributed by atoms with Gasteiger partial charge in [-0.1, -0.05) is 49.2 Å². The van der Waals surface area contributed by atoms with Crippen LogP contribution in [0.1, 0.15) is 42.4 Å². The molecule has 0 aromatic heterocycles. The third kappa shape index (κ3) is 3.08. The van der Waals surface area contributed by atoms with Crippen molar-refractivity contribution in [3.63, 3.8) is 0 Å². The van der Waals surface area contributed by atoms with Crippen molar-refractivity contribution in [3.05, 3.63) is 59.2 Å². The second-order valence-electron chi connectivity index (χ2n) is 5.00. The van der Waals surface area contributed by atoms with Gasteiger partial charge in [-0.2, -0.15) is 0 Å². The first-order valence-corrected chi connectivity index (χ1v) is 6.70. The minimum absolute atomic E-state index is 0.0976. The number of aromatic hydroxyl groups is 2. The number of hydrogen-bond acceptors (Lipinski definition) is 2. The molecule has 0 bridgehead atoms. The van der Waals surface area contributed by atoms with Crippen LogP contribution in [-0.4, -0.2) is 10.2 Å². The van der Waals surface area contributed by atoms with Gasteiger partial charge in [-0.3, -0.25) is 0 Å². The number of phenolic OH excluding ortho intramolecular Hbond substituents is 2. The second-order valence-corrected chi connectivity index (χ2v) is 5.00. The van der Waals surface area contributed by atoms with Crippen LogP contribution in [0, 0.1) is 6.92 Å². The van der Waals surface area contributed by atoms with Crippen LogP contribution in [0.2, 0.25) is 0 Å². The Morgan fingerprint density at radius 1 is 1.00 bits per heavy atom. The van der Waals surface area contributed by atoms with Gasteiger partial charge in [0.25, 0.3) is 0 Å². The zero-order valence-electron chi connectivity index (χ0n) is 11.4. The molecule has 2 rings (SSSR count). The van der Waals surface area contributed by atoms with Gasteiger partial charge in [-0.25, -0.2) is 0 Å². The fourth-order valence-corrected chi connectivity index (χ4v) is 2.42. The average Bonchev–Trinajstić information content (AvgIpc) is 2.38. The summed E-state index contributed by atoms with van der Waals surface area (Å²) in [6, 6.07) is 13.3. The van der Waals surface area contributed by atoms with Gasteiger partial charge < -0.3 is 10.2 Å². The molecule has 0 fully saturated rings. The normalized spacial score (nSPS) is 12.3. The predicted octanol–water partition coefficient (Wildman–Crippen LogP) is 4.34. The zero-order chi connectivity index (χ0) is 13.8. The fraction of sp³-hybridized carbons (Fsp3) is 0.294. The molecule has 0 amide bonds. The quantitative estimate of drug-likeness (QED) is 0.854. The van der Waals surface area contributed by atoms with E-state index in [1.807, 2.05) is 6.07 Å². The highest BCUT2D eigenvalue weighted by Crippen LogP contribution is 2.36. The summed E-state index contributed by atoms with van der Waals surface area (Å²) in [6.45, 7) is 4.20. The van der Waals surface area contributed by atoms with E-state index < -0.39 is 0 Å². The average molecular weight is 256 g/mol. The van der Waals surface area contributed by atoms with Crippen molar-refractivity contribution in [2.45, 2.75) is 32.6 Å². The van der Waals surface area contributed by atoms with Crippen LogP contribution in [0.15, 0.2) is 42.5 Å². The van der Waals surface area contributed by atoms with Gasteiger partial charge in [0.15, 0.2) is 0 Å². The molecule has 0 aliphatic heterocycles. The van der Waals surface area contributed by atoms with Crippen LogP contribution in [0.3, 0.4) is 0 Å². The Labute approximate surface area is 114 Å². The molecule has 0 heterocycles. The summed E-state index contributed by atoms with van der Waals surface area (Å²) in [5.74, 6) is 0.436. The number of aryl methyl sites for hydroxylation is 1. The summed E-state index contributed by atoms with van der Waals surface area (Å²) >= 11 is 0. The van der Waals surface area contributed by atoms with Crippen LogP contribution < -0.4 is 0 Å². The number of hydrogen-bond donors (Lipinski definition) is 2. The summed E-state index contributed by atoms with van der Waals surface area (Å²) in [5.41, 5.74) is 3.31. The van der Waals surface area contributed by atoms with E-state index in [0.29, 0.717) is 0 Å². The standard InChI is InChI=1S/C17H20O2/c1-3-4-15(13-7-5-12(2)6-8-13)16-10-9-14(18)11-17(16)19/h5-11,15,18-19H,3-4H2,1-2H3. The van der Waals surface area contributed by atoms with Gasteiger partial charge in [-0.05, 0) is 25.0 Å². The number of phenols is 2. The van der Waals surface area contributed by atoms with E-state index in [1.54, 1.807) is 6.07 Å². The highest BCUT2D eigenvalue weighted by atomic mass is 16.3. The van der Waals surface area contributed by atoms with Crippen LogP contribution >= 0.6 is 0 Å². The molecular weight excluding hydrogens is 236 g/mol. The fourth-order valence-electron chi connectivity index (χ4n) is 2.42. The van der Waals surface area contributed by atoms with Crippen molar-refractivity contribution in [2.24, 2.45) is 0 Å². The van der Waals surface area contributed by atoms with E-state index >= 15 is 0 Å².